The summed E-state index contributed by atoms with van der Waals surface area (Å²) in [6, 6.07) is 0. The van der Waals surface area contributed by atoms with E-state index in [1.807, 2.05) is 0 Å². The molecule has 0 aliphatic heterocycles. The summed E-state index contributed by atoms with van der Waals surface area (Å²) in [7, 11) is 0. The van der Waals surface area contributed by atoms with E-state index in [9.17, 15) is 0 Å². The lowest BCUT2D eigenvalue weighted by atomic mass is 9.80. The van der Waals surface area contributed by atoms with Gasteiger partial charge in [-0.2, -0.15) is 4.98 Å². The smallest absolute Gasteiger partial charge is 0.226 e. The summed E-state index contributed by atoms with van der Waals surface area (Å²) in [6.07, 6.45) is 8.24. The maximum absolute atomic E-state index is 5.72. The van der Waals surface area contributed by atoms with Crippen LogP contribution in [0.5, 0.6) is 0 Å². The van der Waals surface area contributed by atoms with Gasteiger partial charge in [-0.3, -0.25) is 0 Å². The molecule has 1 atom stereocenters. The average Bonchev–Trinajstić information content (AvgIpc) is 2.93. The van der Waals surface area contributed by atoms with Gasteiger partial charge < -0.3 is 10.3 Å². The second kappa shape index (κ2) is 7.04. The minimum absolute atomic E-state index is 0.462. The first kappa shape index (κ1) is 14.5. The lowest BCUT2D eigenvalue weighted by Crippen LogP contribution is -2.16. The molecule has 19 heavy (non-hydrogen) atoms. The minimum Gasteiger partial charge on any atom is -0.339 e. The number of aromatic nitrogens is 2. The molecule has 0 aromatic carbocycles. The maximum atomic E-state index is 5.72. The molecular formula is C15H27N3O. The monoisotopic (exact) mass is 265 g/mol. The predicted molar refractivity (Wildman–Crippen MR) is 75.8 cm³/mol. The van der Waals surface area contributed by atoms with Crippen molar-refractivity contribution >= 4 is 0 Å². The molecule has 108 valence electrons. The van der Waals surface area contributed by atoms with Crippen LogP contribution in [0.15, 0.2) is 4.52 Å². The maximum Gasteiger partial charge on any atom is 0.226 e. The Hall–Kier alpha value is -0.900. The van der Waals surface area contributed by atoms with Crippen LogP contribution in [-0.2, 0) is 6.42 Å². The van der Waals surface area contributed by atoms with E-state index in [0.29, 0.717) is 18.4 Å². The predicted octanol–water partition coefficient (Wildman–Crippen LogP) is 3.28. The Kier molecular flexibility index (Phi) is 5.37. The Morgan fingerprint density at radius 1 is 1.26 bits per heavy atom. The van der Waals surface area contributed by atoms with Gasteiger partial charge in [-0.25, -0.2) is 0 Å². The highest BCUT2D eigenvalue weighted by atomic mass is 16.5. The molecule has 2 rings (SSSR count). The molecule has 1 fully saturated rings. The number of rotatable bonds is 6. The molecular weight excluding hydrogens is 238 g/mol. The average molecular weight is 265 g/mol. The zero-order valence-electron chi connectivity index (χ0n) is 12.3. The van der Waals surface area contributed by atoms with E-state index in [2.05, 4.69) is 24.0 Å². The highest BCUT2D eigenvalue weighted by Gasteiger charge is 2.25. The van der Waals surface area contributed by atoms with Crippen molar-refractivity contribution < 1.29 is 4.52 Å². The molecule has 0 amide bonds. The van der Waals surface area contributed by atoms with Crippen molar-refractivity contribution in [1.82, 2.24) is 10.1 Å². The highest BCUT2D eigenvalue weighted by Crippen LogP contribution is 2.35. The Labute approximate surface area is 116 Å². The standard InChI is InChI=1S/C15H27N3O/c1-3-11-5-7-13(8-6-11)15-17-14(19-18-15)9-12(4-2)10-16/h11-13H,3-10,16H2,1-2H3. The first-order valence-corrected chi connectivity index (χ1v) is 7.79. The summed E-state index contributed by atoms with van der Waals surface area (Å²) in [5.74, 6) is 3.58. The van der Waals surface area contributed by atoms with Gasteiger partial charge in [0.15, 0.2) is 5.82 Å². The first-order chi connectivity index (χ1) is 9.26. The molecule has 1 heterocycles. The zero-order chi connectivity index (χ0) is 13.7. The van der Waals surface area contributed by atoms with Gasteiger partial charge in [0.2, 0.25) is 5.89 Å². The van der Waals surface area contributed by atoms with Crippen LogP contribution in [0.2, 0.25) is 0 Å². The van der Waals surface area contributed by atoms with Gasteiger partial charge in [-0.1, -0.05) is 31.8 Å². The van der Waals surface area contributed by atoms with Gasteiger partial charge >= 0.3 is 0 Å². The molecule has 0 spiro atoms. The lowest BCUT2D eigenvalue weighted by Gasteiger charge is -2.25. The second-order valence-corrected chi connectivity index (χ2v) is 5.89. The van der Waals surface area contributed by atoms with E-state index in [4.69, 9.17) is 10.3 Å². The fourth-order valence-corrected chi connectivity index (χ4v) is 2.99. The van der Waals surface area contributed by atoms with Crippen molar-refractivity contribution in [3.05, 3.63) is 11.7 Å². The Bertz CT molecular complexity index is 365. The minimum atomic E-state index is 0.462. The Morgan fingerprint density at radius 3 is 2.58 bits per heavy atom. The molecule has 0 bridgehead atoms. The second-order valence-electron chi connectivity index (χ2n) is 5.89. The third kappa shape index (κ3) is 3.78. The van der Waals surface area contributed by atoms with Crippen LogP contribution in [0, 0.1) is 11.8 Å². The molecule has 2 N–H and O–H groups in total. The van der Waals surface area contributed by atoms with E-state index in [-0.39, 0.29) is 0 Å². The van der Waals surface area contributed by atoms with E-state index < -0.39 is 0 Å². The Morgan fingerprint density at radius 2 is 2.00 bits per heavy atom. The SMILES string of the molecule is CCC1CCC(c2noc(CC(CC)CN)n2)CC1. The van der Waals surface area contributed by atoms with Crippen LogP contribution >= 0.6 is 0 Å². The van der Waals surface area contributed by atoms with Crippen LogP contribution in [-0.4, -0.2) is 16.7 Å². The van der Waals surface area contributed by atoms with Gasteiger partial charge in [-0.15, -0.1) is 0 Å². The van der Waals surface area contributed by atoms with Crippen molar-refractivity contribution in [1.29, 1.82) is 0 Å². The largest absolute Gasteiger partial charge is 0.339 e. The van der Waals surface area contributed by atoms with Gasteiger partial charge in [0.1, 0.15) is 0 Å². The molecule has 4 heteroatoms. The molecule has 1 aliphatic carbocycles. The van der Waals surface area contributed by atoms with Gasteiger partial charge in [0, 0.05) is 12.3 Å². The van der Waals surface area contributed by atoms with Gasteiger partial charge in [-0.05, 0) is 44.1 Å². The van der Waals surface area contributed by atoms with Crippen molar-refractivity contribution in [2.45, 2.75) is 64.7 Å². The van der Waals surface area contributed by atoms with Crippen LogP contribution in [0.3, 0.4) is 0 Å². The molecule has 1 saturated carbocycles. The quantitative estimate of drug-likeness (QED) is 0.857. The first-order valence-electron chi connectivity index (χ1n) is 7.79. The van der Waals surface area contributed by atoms with Gasteiger partial charge in [0.05, 0.1) is 0 Å². The van der Waals surface area contributed by atoms with Crippen molar-refractivity contribution in [2.24, 2.45) is 17.6 Å². The van der Waals surface area contributed by atoms with Crippen molar-refractivity contribution in [3.63, 3.8) is 0 Å². The molecule has 1 aromatic heterocycles. The van der Waals surface area contributed by atoms with E-state index in [1.54, 1.807) is 0 Å². The zero-order valence-corrected chi connectivity index (χ0v) is 12.3. The van der Waals surface area contributed by atoms with E-state index >= 15 is 0 Å². The lowest BCUT2D eigenvalue weighted by molar-refractivity contribution is 0.301. The molecule has 0 radical (unpaired) electrons. The van der Waals surface area contributed by atoms with Crippen LogP contribution in [0.25, 0.3) is 0 Å². The summed E-state index contributed by atoms with van der Waals surface area (Å²) >= 11 is 0. The number of nitrogens with zero attached hydrogens (tertiary/aromatic N) is 2. The molecule has 4 nitrogen and oxygen atoms in total. The molecule has 1 aliphatic rings. The molecule has 0 saturated heterocycles. The normalized spacial score (nSPS) is 25.4. The van der Waals surface area contributed by atoms with Gasteiger partial charge in [0.25, 0.3) is 0 Å². The van der Waals surface area contributed by atoms with Crippen LogP contribution < -0.4 is 5.73 Å². The fourth-order valence-electron chi connectivity index (χ4n) is 2.99. The number of hydrogen-bond donors (Lipinski definition) is 1. The van der Waals surface area contributed by atoms with E-state index in [0.717, 1.165) is 30.5 Å². The summed E-state index contributed by atoms with van der Waals surface area (Å²) in [5.41, 5.74) is 5.72. The summed E-state index contributed by atoms with van der Waals surface area (Å²) in [6.45, 7) is 5.13. The summed E-state index contributed by atoms with van der Waals surface area (Å²) in [5, 5.41) is 4.19. The topological polar surface area (TPSA) is 64.9 Å². The number of nitrogens with two attached hydrogens (primary N) is 1. The Balaban J connectivity index is 1.90. The molecule has 1 aromatic rings. The van der Waals surface area contributed by atoms with Crippen molar-refractivity contribution in [2.75, 3.05) is 6.54 Å². The third-order valence-electron chi connectivity index (χ3n) is 4.65. The third-order valence-corrected chi connectivity index (χ3v) is 4.65. The van der Waals surface area contributed by atoms with Crippen LogP contribution in [0.1, 0.15) is 70.0 Å². The molecule has 1 unspecified atom stereocenters. The highest BCUT2D eigenvalue weighted by molar-refractivity contribution is 4.98. The summed E-state index contributed by atoms with van der Waals surface area (Å²) in [4.78, 5) is 4.59. The number of hydrogen-bond acceptors (Lipinski definition) is 4. The summed E-state index contributed by atoms with van der Waals surface area (Å²) < 4.78 is 5.39. The van der Waals surface area contributed by atoms with E-state index in [1.165, 1.54) is 32.1 Å². The van der Waals surface area contributed by atoms with Crippen molar-refractivity contribution in [3.8, 4) is 0 Å². The fraction of sp³-hybridized carbons (Fsp3) is 0.867. The van der Waals surface area contributed by atoms with Crippen LogP contribution in [0.4, 0.5) is 0 Å².